The summed E-state index contributed by atoms with van der Waals surface area (Å²) in [5.74, 6) is 0.867. The van der Waals surface area contributed by atoms with E-state index in [1.54, 1.807) is 6.92 Å². The lowest BCUT2D eigenvalue weighted by Crippen LogP contribution is -2.20. The number of H-pyrrole nitrogens is 1. The predicted molar refractivity (Wildman–Crippen MR) is 59.7 cm³/mol. The second-order valence-electron chi connectivity index (χ2n) is 3.47. The Morgan fingerprint density at radius 1 is 1.57 bits per heavy atom. The molecule has 2 N–H and O–H groups in total. The summed E-state index contributed by atoms with van der Waals surface area (Å²) in [5.41, 5.74) is 1.02. The minimum Gasteiger partial charge on any atom is -0.308 e. The molecule has 0 spiro atoms. The van der Waals surface area contributed by atoms with Crippen LogP contribution in [0.15, 0.2) is 6.07 Å². The molecule has 0 aliphatic rings. The van der Waals surface area contributed by atoms with Crippen molar-refractivity contribution in [3.63, 3.8) is 0 Å². The Bertz CT molecular complexity index is 320. The molecule has 1 rings (SSSR count). The van der Waals surface area contributed by atoms with E-state index in [9.17, 15) is 4.79 Å². The van der Waals surface area contributed by atoms with Gasteiger partial charge in [-0.15, -0.1) is 0 Å². The fourth-order valence-electron chi connectivity index (χ4n) is 0.922. The number of hydrogen-bond acceptors (Lipinski definition) is 2. The molecule has 1 unspecified atom stereocenters. The summed E-state index contributed by atoms with van der Waals surface area (Å²) in [6.07, 6.45) is 0. The summed E-state index contributed by atoms with van der Waals surface area (Å²) in [4.78, 5) is 11.1. The third-order valence-corrected chi connectivity index (χ3v) is 2.25. The first kappa shape index (κ1) is 11.2. The zero-order chi connectivity index (χ0) is 10.7. The van der Waals surface area contributed by atoms with Crippen LogP contribution in [0.2, 0.25) is 0 Å². The van der Waals surface area contributed by atoms with Crippen molar-refractivity contribution >= 4 is 27.7 Å². The molecule has 0 fully saturated rings. The van der Waals surface area contributed by atoms with Crippen molar-refractivity contribution in [2.45, 2.75) is 31.5 Å². The number of aromatic amines is 1. The minimum atomic E-state index is -0.207. The Morgan fingerprint density at radius 2 is 2.21 bits per heavy atom. The molecule has 0 saturated carbocycles. The number of alkyl halides is 1. The zero-order valence-electron chi connectivity index (χ0n) is 8.47. The standard InChI is InChI=1S/C9H14BrN3O/c1-5(2)7-4-8(13-12-7)11-9(14)6(3)10/h4-6H,1-3H3,(H2,11,12,13,14). The molecular weight excluding hydrogens is 246 g/mol. The van der Waals surface area contributed by atoms with Gasteiger partial charge in [-0.3, -0.25) is 9.89 Å². The first-order valence-corrected chi connectivity index (χ1v) is 5.42. The molecule has 4 nitrogen and oxygen atoms in total. The van der Waals surface area contributed by atoms with Gasteiger partial charge in [-0.2, -0.15) is 5.10 Å². The molecule has 1 aromatic rings. The highest BCUT2D eigenvalue weighted by molar-refractivity contribution is 9.10. The van der Waals surface area contributed by atoms with E-state index in [2.05, 4.69) is 45.3 Å². The van der Waals surface area contributed by atoms with Crippen LogP contribution in [0.3, 0.4) is 0 Å². The summed E-state index contributed by atoms with van der Waals surface area (Å²) >= 11 is 3.18. The van der Waals surface area contributed by atoms with E-state index in [4.69, 9.17) is 0 Å². The van der Waals surface area contributed by atoms with E-state index in [-0.39, 0.29) is 10.7 Å². The van der Waals surface area contributed by atoms with Crippen LogP contribution in [-0.2, 0) is 4.79 Å². The molecule has 0 bridgehead atoms. The SMILES string of the molecule is CC(Br)C(=O)Nc1cc(C(C)C)[nH]n1. The van der Waals surface area contributed by atoms with Crippen LogP contribution < -0.4 is 5.32 Å². The average Bonchev–Trinajstić information content (AvgIpc) is 2.52. The first-order chi connectivity index (χ1) is 6.50. The van der Waals surface area contributed by atoms with Crippen LogP contribution in [0.4, 0.5) is 5.82 Å². The second kappa shape index (κ2) is 4.59. The molecule has 1 aromatic heterocycles. The van der Waals surface area contributed by atoms with Crippen LogP contribution in [0.1, 0.15) is 32.4 Å². The summed E-state index contributed by atoms with van der Waals surface area (Å²) in [5, 5.41) is 9.54. The number of hydrogen-bond donors (Lipinski definition) is 2. The highest BCUT2D eigenvalue weighted by Gasteiger charge is 2.11. The van der Waals surface area contributed by atoms with Gasteiger partial charge in [0.05, 0.1) is 4.83 Å². The van der Waals surface area contributed by atoms with Gasteiger partial charge >= 0.3 is 0 Å². The van der Waals surface area contributed by atoms with E-state index < -0.39 is 0 Å². The normalized spacial score (nSPS) is 12.9. The number of carbonyl (C=O) groups excluding carboxylic acids is 1. The fourth-order valence-corrected chi connectivity index (χ4v) is 1.04. The van der Waals surface area contributed by atoms with Crippen molar-refractivity contribution in [1.29, 1.82) is 0 Å². The number of nitrogens with zero attached hydrogens (tertiary/aromatic N) is 1. The lowest BCUT2D eigenvalue weighted by Gasteiger charge is -2.02. The smallest absolute Gasteiger partial charge is 0.239 e. The van der Waals surface area contributed by atoms with Crippen LogP contribution in [0.25, 0.3) is 0 Å². The van der Waals surface area contributed by atoms with Gasteiger partial charge in [0, 0.05) is 11.8 Å². The maximum atomic E-state index is 11.3. The Balaban J connectivity index is 2.64. The monoisotopic (exact) mass is 259 g/mol. The first-order valence-electron chi connectivity index (χ1n) is 4.51. The molecule has 0 aliphatic carbocycles. The van der Waals surface area contributed by atoms with Gasteiger partial charge in [-0.05, 0) is 12.8 Å². The zero-order valence-corrected chi connectivity index (χ0v) is 10.1. The fraction of sp³-hybridized carbons (Fsp3) is 0.556. The largest absolute Gasteiger partial charge is 0.308 e. The maximum absolute atomic E-state index is 11.3. The molecule has 1 heterocycles. The summed E-state index contributed by atoms with van der Waals surface area (Å²) in [6.45, 7) is 5.89. The molecule has 0 aliphatic heterocycles. The Morgan fingerprint density at radius 3 is 2.64 bits per heavy atom. The van der Waals surface area contributed by atoms with Crippen LogP contribution in [0.5, 0.6) is 0 Å². The van der Waals surface area contributed by atoms with E-state index in [1.807, 2.05) is 6.07 Å². The maximum Gasteiger partial charge on any atom is 0.239 e. The molecule has 78 valence electrons. The molecule has 5 heteroatoms. The average molecular weight is 260 g/mol. The van der Waals surface area contributed by atoms with Gasteiger partial charge in [0.15, 0.2) is 5.82 Å². The number of amides is 1. The molecule has 14 heavy (non-hydrogen) atoms. The number of carbonyl (C=O) groups is 1. The summed E-state index contributed by atoms with van der Waals surface area (Å²) in [6, 6.07) is 1.85. The molecule has 1 amide bonds. The number of nitrogens with one attached hydrogen (secondary N) is 2. The quantitative estimate of drug-likeness (QED) is 0.819. The van der Waals surface area contributed by atoms with Gasteiger partial charge in [0.1, 0.15) is 0 Å². The van der Waals surface area contributed by atoms with Crippen molar-refractivity contribution in [3.8, 4) is 0 Å². The second-order valence-corrected chi connectivity index (χ2v) is 4.84. The van der Waals surface area contributed by atoms with Crippen LogP contribution >= 0.6 is 15.9 Å². The number of aromatic nitrogens is 2. The topological polar surface area (TPSA) is 57.8 Å². The van der Waals surface area contributed by atoms with Crippen molar-refractivity contribution in [3.05, 3.63) is 11.8 Å². The third-order valence-electron chi connectivity index (χ3n) is 1.83. The number of halogens is 1. The molecule has 0 radical (unpaired) electrons. The molecule has 1 atom stereocenters. The lowest BCUT2D eigenvalue weighted by atomic mass is 10.1. The van der Waals surface area contributed by atoms with Gasteiger partial charge in [0.25, 0.3) is 0 Å². The van der Waals surface area contributed by atoms with E-state index in [0.717, 1.165) is 5.69 Å². The van der Waals surface area contributed by atoms with E-state index in [0.29, 0.717) is 11.7 Å². The van der Waals surface area contributed by atoms with Gasteiger partial charge < -0.3 is 5.32 Å². The molecular formula is C9H14BrN3O. The molecule has 0 saturated heterocycles. The molecule has 0 aromatic carbocycles. The van der Waals surface area contributed by atoms with Gasteiger partial charge in [-0.25, -0.2) is 0 Å². The highest BCUT2D eigenvalue weighted by Crippen LogP contribution is 2.15. The Kier molecular flexibility index (Phi) is 3.69. The van der Waals surface area contributed by atoms with Crippen molar-refractivity contribution < 1.29 is 4.79 Å². The van der Waals surface area contributed by atoms with E-state index >= 15 is 0 Å². The van der Waals surface area contributed by atoms with E-state index in [1.165, 1.54) is 0 Å². The Hall–Kier alpha value is -0.840. The van der Waals surface area contributed by atoms with Crippen molar-refractivity contribution in [2.24, 2.45) is 0 Å². The highest BCUT2D eigenvalue weighted by atomic mass is 79.9. The summed E-state index contributed by atoms with van der Waals surface area (Å²) < 4.78 is 0. The van der Waals surface area contributed by atoms with Gasteiger partial charge in [0.2, 0.25) is 5.91 Å². The summed E-state index contributed by atoms with van der Waals surface area (Å²) in [7, 11) is 0. The Labute approximate surface area is 91.6 Å². The van der Waals surface area contributed by atoms with Crippen molar-refractivity contribution in [2.75, 3.05) is 5.32 Å². The van der Waals surface area contributed by atoms with Crippen LogP contribution in [-0.4, -0.2) is 20.9 Å². The third kappa shape index (κ3) is 2.83. The van der Waals surface area contributed by atoms with Crippen molar-refractivity contribution in [1.82, 2.24) is 10.2 Å². The van der Waals surface area contributed by atoms with Crippen LogP contribution in [0, 0.1) is 0 Å². The van der Waals surface area contributed by atoms with Gasteiger partial charge in [-0.1, -0.05) is 29.8 Å². The number of rotatable bonds is 3. The predicted octanol–water partition coefficient (Wildman–Crippen LogP) is 2.25. The minimum absolute atomic E-state index is 0.0909. The number of anilines is 1. The lowest BCUT2D eigenvalue weighted by molar-refractivity contribution is -0.115.